The van der Waals surface area contributed by atoms with Crippen molar-refractivity contribution in [3.05, 3.63) is 59.7 Å². The van der Waals surface area contributed by atoms with Crippen molar-refractivity contribution in [2.75, 3.05) is 6.61 Å². The quantitative estimate of drug-likeness (QED) is 0.590. The number of benzene rings is 2. The molecule has 1 aliphatic carbocycles. The van der Waals surface area contributed by atoms with Crippen LogP contribution in [-0.4, -0.2) is 36.2 Å². The average molecular weight is 403 g/mol. The molecule has 0 heterocycles. The highest BCUT2D eigenvalue weighted by Crippen LogP contribution is 2.44. The first-order valence-corrected chi connectivity index (χ1v) is 9.60. The van der Waals surface area contributed by atoms with Crippen LogP contribution < -0.4 is 5.32 Å². The Labute approximate surface area is 167 Å². The molecule has 0 aliphatic heterocycles. The molecule has 0 saturated heterocycles. The van der Waals surface area contributed by atoms with Gasteiger partial charge in [0.1, 0.15) is 12.6 Å². The van der Waals surface area contributed by atoms with Gasteiger partial charge in [-0.2, -0.15) is 0 Å². The lowest BCUT2D eigenvalue weighted by Crippen LogP contribution is -2.41. The number of hydrogen-bond donors (Lipinski definition) is 2. The first-order valence-electron chi connectivity index (χ1n) is 9.60. The van der Waals surface area contributed by atoms with Crippen molar-refractivity contribution in [1.82, 2.24) is 5.32 Å². The van der Waals surface area contributed by atoms with Crippen molar-refractivity contribution in [3.8, 4) is 11.1 Å². The molecule has 7 heteroatoms. The lowest BCUT2D eigenvalue weighted by Gasteiger charge is -2.17. The maximum Gasteiger partial charge on any atom is 0.407 e. The van der Waals surface area contributed by atoms with Gasteiger partial charge in [0, 0.05) is 12.3 Å². The SMILES string of the molecule is O=C(N[C@@H](CCCCC(F)F)C(=O)O)OCC1c2ccccc2-c2ccccc21. The number of amides is 1. The van der Waals surface area contributed by atoms with E-state index in [1.165, 1.54) is 0 Å². The van der Waals surface area contributed by atoms with E-state index >= 15 is 0 Å². The third-order valence-corrected chi connectivity index (χ3v) is 5.10. The van der Waals surface area contributed by atoms with Crippen molar-refractivity contribution in [3.63, 3.8) is 0 Å². The predicted octanol–water partition coefficient (Wildman–Crippen LogP) is 4.80. The van der Waals surface area contributed by atoms with E-state index in [4.69, 9.17) is 4.74 Å². The van der Waals surface area contributed by atoms with Crippen LogP contribution in [0.2, 0.25) is 0 Å². The Bertz CT molecular complexity index is 826. The molecular weight excluding hydrogens is 380 g/mol. The maximum atomic E-state index is 12.2. The molecule has 3 rings (SSSR count). The molecule has 0 bridgehead atoms. The summed E-state index contributed by atoms with van der Waals surface area (Å²) in [6.07, 6.45) is -2.95. The van der Waals surface area contributed by atoms with Crippen LogP contribution in [-0.2, 0) is 9.53 Å². The molecule has 0 saturated carbocycles. The number of alkyl halides is 2. The van der Waals surface area contributed by atoms with E-state index in [2.05, 4.69) is 5.32 Å². The minimum absolute atomic E-state index is 0.0756. The second kappa shape index (κ2) is 9.49. The minimum atomic E-state index is -2.41. The van der Waals surface area contributed by atoms with Crippen molar-refractivity contribution < 1.29 is 28.2 Å². The van der Waals surface area contributed by atoms with Crippen molar-refractivity contribution in [1.29, 1.82) is 0 Å². The van der Waals surface area contributed by atoms with Gasteiger partial charge in [-0.25, -0.2) is 18.4 Å². The zero-order chi connectivity index (χ0) is 20.8. The summed E-state index contributed by atoms with van der Waals surface area (Å²) in [5.41, 5.74) is 4.31. The fraction of sp³-hybridized carbons (Fsp3) is 0.364. The molecule has 29 heavy (non-hydrogen) atoms. The van der Waals surface area contributed by atoms with Crippen LogP contribution in [0.1, 0.15) is 42.7 Å². The number of halogens is 2. The average Bonchev–Trinajstić information content (AvgIpc) is 3.02. The number of carbonyl (C=O) groups excluding carboxylic acids is 1. The summed E-state index contributed by atoms with van der Waals surface area (Å²) in [5, 5.41) is 11.6. The molecule has 0 aromatic heterocycles. The van der Waals surface area contributed by atoms with Gasteiger partial charge in [0.05, 0.1) is 0 Å². The van der Waals surface area contributed by atoms with E-state index in [1.54, 1.807) is 0 Å². The zero-order valence-corrected chi connectivity index (χ0v) is 15.8. The number of hydrogen-bond acceptors (Lipinski definition) is 3. The van der Waals surface area contributed by atoms with Gasteiger partial charge in [0.15, 0.2) is 0 Å². The number of rotatable bonds is 9. The number of nitrogens with one attached hydrogen (secondary N) is 1. The van der Waals surface area contributed by atoms with Gasteiger partial charge in [-0.1, -0.05) is 55.0 Å². The minimum Gasteiger partial charge on any atom is -0.480 e. The molecule has 2 N–H and O–H groups in total. The molecule has 2 aromatic carbocycles. The molecule has 0 fully saturated rings. The van der Waals surface area contributed by atoms with Gasteiger partial charge in [0.25, 0.3) is 0 Å². The number of fused-ring (bicyclic) bond motifs is 3. The monoisotopic (exact) mass is 403 g/mol. The number of aliphatic carboxylic acids is 1. The molecule has 1 aliphatic rings. The van der Waals surface area contributed by atoms with E-state index in [9.17, 15) is 23.5 Å². The molecule has 1 atom stereocenters. The van der Waals surface area contributed by atoms with Crippen LogP contribution in [0.5, 0.6) is 0 Å². The number of carbonyl (C=O) groups is 2. The largest absolute Gasteiger partial charge is 0.480 e. The Morgan fingerprint density at radius 1 is 0.966 bits per heavy atom. The van der Waals surface area contributed by atoms with Crippen LogP contribution in [0.15, 0.2) is 48.5 Å². The number of alkyl carbamates (subject to hydrolysis) is 1. The zero-order valence-electron chi connectivity index (χ0n) is 15.8. The molecule has 0 unspecified atom stereocenters. The van der Waals surface area contributed by atoms with E-state index in [0.717, 1.165) is 22.3 Å². The van der Waals surface area contributed by atoms with E-state index in [-0.39, 0.29) is 38.2 Å². The van der Waals surface area contributed by atoms with Crippen LogP contribution in [0.3, 0.4) is 0 Å². The van der Waals surface area contributed by atoms with Gasteiger partial charge < -0.3 is 15.2 Å². The predicted molar refractivity (Wildman–Crippen MR) is 104 cm³/mol. The van der Waals surface area contributed by atoms with E-state index in [1.807, 2.05) is 48.5 Å². The summed E-state index contributed by atoms with van der Waals surface area (Å²) in [6.45, 7) is 0.0809. The number of carboxylic acids is 1. The topological polar surface area (TPSA) is 75.6 Å². The Balaban J connectivity index is 1.58. The summed E-state index contributed by atoms with van der Waals surface area (Å²) < 4.78 is 29.7. The van der Waals surface area contributed by atoms with Crippen molar-refractivity contribution in [2.24, 2.45) is 0 Å². The molecular formula is C22H23F2NO4. The molecule has 154 valence electrons. The van der Waals surface area contributed by atoms with E-state index < -0.39 is 24.5 Å². The van der Waals surface area contributed by atoms with Gasteiger partial charge in [-0.3, -0.25) is 0 Å². The Hall–Kier alpha value is -2.96. The van der Waals surface area contributed by atoms with Crippen molar-refractivity contribution >= 4 is 12.1 Å². The first-order chi connectivity index (χ1) is 14.0. The molecule has 1 amide bonds. The van der Waals surface area contributed by atoms with Gasteiger partial charge in [0.2, 0.25) is 6.43 Å². The summed E-state index contributed by atoms with van der Waals surface area (Å²) in [6, 6.07) is 14.6. The highest BCUT2D eigenvalue weighted by Gasteiger charge is 2.29. The highest BCUT2D eigenvalue weighted by atomic mass is 19.3. The molecule has 5 nitrogen and oxygen atoms in total. The standard InChI is InChI=1S/C22H23F2NO4/c23-20(24)12-6-5-11-19(21(26)27)25-22(28)29-13-18-16-9-3-1-7-14(16)15-8-2-4-10-17(15)18/h1-4,7-10,18-20H,5-6,11-13H2,(H,25,28)(H,26,27)/t19-/m0/s1. The maximum absolute atomic E-state index is 12.2. The Kier molecular flexibility index (Phi) is 6.80. The summed E-state index contributed by atoms with van der Waals surface area (Å²) in [5.74, 6) is -1.34. The van der Waals surface area contributed by atoms with Gasteiger partial charge in [-0.05, 0) is 35.1 Å². The van der Waals surface area contributed by atoms with Crippen molar-refractivity contribution in [2.45, 2.75) is 44.1 Å². The van der Waals surface area contributed by atoms with Gasteiger partial charge >= 0.3 is 12.1 Å². The van der Waals surface area contributed by atoms with Crippen LogP contribution >= 0.6 is 0 Å². The molecule has 0 spiro atoms. The first kappa shape index (κ1) is 20.8. The van der Waals surface area contributed by atoms with E-state index in [0.29, 0.717) is 0 Å². The Morgan fingerprint density at radius 2 is 1.52 bits per heavy atom. The fourth-order valence-electron chi connectivity index (χ4n) is 3.69. The third kappa shape index (κ3) is 5.10. The number of unbranched alkanes of at least 4 members (excludes halogenated alkanes) is 1. The van der Waals surface area contributed by atoms with Gasteiger partial charge in [-0.15, -0.1) is 0 Å². The summed E-state index contributed by atoms with van der Waals surface area (Å²) >= 11 is 0. The number of carboxylic acid groups (broad SMARTS) is 1. The summed E-state index contributed by atoms with van der Waals surface area (Å²) in [7, 11) is 0. The summed E-state index contributed by atoms with van der Waals surface area (Å²) in [4.78, 5) is 23.5. The lowest BCUT2D eigenvalue weighted by molar-refractivity contribution is -0.139. The molecule has 0 radical (unpaired) electrons. The normalized spacial score (nSPS) is 13.6. The fourth-order valence-corrected chi connectivity index (χ4v) is 3.69. The van der Waals surface area contributed by atoms with Crippen LogP contribution in [0.25, 0.3) is 11.1 Å². The lowest BCUT2D eigenvalue weighted by atomic mass is 9.98. The highest BCUT2D eigenvalue weighted by molar-refractivity contribution is 5.81. The van der Waals surface area contributed by atoms with Crippen LogP contribution in [0.4, 0.5) is 13.6 Å². The second-order valence-electron chi connectivity index (χ2n) is 7.04. The second-order valence-corrected chi connectivity index (χ2v) is 7.04. The Morgan fingerprint density at radius 3 is 2.07 bits per heavy atom. The smallest absolute Gasteiger partial charge is 0.407 e. The number of ether oxygens (including phenoxy) is 1. The third-order valence-electron chi connectivity index (χ3n) is 5.10. The van der Waals surface area contributed by atoms with Crippen LogP contribution in [0, 0.1) is 0 Å². The molecule has 2 aromatic rings.